The Morgan fingerprint density at radius 1 is 0.917 bits per heavy atom. The van der Waals surface area contributed by atoms with Crippen LogP contribution in [0.2, 0.25) is 0 Å². The number of Topliss-reactive ketones (excluding diaryl/α,β-unsaturated/α-hetero) is 1. The third-order valence-electron chi connectivity index (χ3n) is 2.82. The highest BCUT2D eigenvalue weighted by molar-refractivity contribution is 8.45. The maximum atomic E-state index is 11.8. The van der Waals surface area contributed by atoms with E-state index in [0.29, 0.717) is 4.91 Å². The Bertz CT molecular complexity index is 680. The highest BCUT2D eigenvalue weighted by Gasteiger charge is 2.32. The summed E-state index contributed by atoms with van der Waals surface area (Å²) < 4.78 is 7.85. The summed E-state index contributed by atoms with van der Waals surface area (Å²) in [7, 11) is 0. The van der Waals surface area contributed by atoms with Gasteiger partial charge in [0.2, 0.25) is 0 Å². The number of aliphatic hydroxyl groups is 1. The molecule has 0 aromatic carbocycles. The van der Waals surface area contributed by atoms with Crippen molar-refractivity contribution < 1.29 is 9.90 Å². The molecule has 24 heavy (non-hydrogen) atoms. The minimum Gasteiger partial charge on any atom is -0.511 e. The van der Waals surface area contributed by atoms with Crippen molar-refractivity contribution in [3.05, 3.63) is 36.1 Å². The smallest absolute Gasteiger partial charge is 0.169 e. The molecule has 130 valence electrons. The summed E-state index contributed by atoms with van der Waals surface area (Å²) in [5.41, 5.74) is 0. The van der Waals surface area contributed by atoms with E-state index < -0.39 is 0 Å². The molecule has 3 heterocycles. The van der Waals surface area contributed by atoms with E-state index in [1.54, 1.807) is 42.2 Å². The van der Waals surface area contributed by atoms with E-state index in [2.05, 4.69) is 6.26 Å². The van der Waals surface area contributed by atoms with Gasteiger partial charge in [-0.25, -0.2) is 0 Å². The van der Waals surface area contributed by atoms with Gasteiger partial charge in [-0.05, 0) is 20.1 Å². The second kappa shape index (κ2) is 8.95. The highest BCUT2D eigenvalue weighted by Crippen LogP contribution is 2.67. The molecule has 3 aliphatic heterocycles. The van der Waals surface area contributed by atoms with Gasteiger partial charge in [-0.3, -0.25) is 4.79 Å². The lowest BCUT2D eigenvalue weighted by atomic mass is 10.4. The average Bonchev–Trinajstić information content (AvgIpc) is 3.15. The number of carbonyl (C=O) groups is 1. The summed E-state index contributed by atoms with van der Waals surface area (Å²) in [5.74, 6) is 2.39. The number of carbonyl (C=O) groups excluding carboxylic acids is 1. The molecule has 0 aromatic rings. The zero-order chi connectivity index (χ0) is 17.3. The molecular weight excluding hydrogens is 457 g/mol. The molecule has 0 saturated carbocycles. The Morgan fingerprint density at radius 3 is 1.96 bits per heavy atom. The number of aliphatic hydroxyl groups excluding tert-OH is 1. The number of hydrogen-bond acceptors (Lipinski definition) is 10. The maximum Gasteiger partial charge on any atom is 0.169 e. The minimum atomic E-state index is -0.0887. The Morgan fingerprint density at radius 2 is 1.46 bits per heavy atom. The van der Waals surface area contributed by atoms with Gasteiger partial charge in [-0.2, -0.15) is 0 Å². The van der Waals surface area contributed by atoms with Crippen molar-refractivity contribution in [3.63, 3.8) is 0 Å². The van der Waals surface area contributed by atoms with Crippen LogP contribution in [-0.2, 0) is 4.79 Å². The molecule has 0 unspecified atom stereocenters. The van der Waals surface area contributed by atoms with E-state index >= 15 is 0 Å². The Kier molecular flexibility index (Phi) is 7.45. The van der Waals surface area contributed by atoms with Crippen LogP contribution >= 0.6 is 94.1 Å². The molecule has 0 radical (unpaired) electrons. The predicted molar refractivity (Wildman–Crippen MR) is 123 cm³/mol. The zero-order valence-corrected chi connectivity index (χ0v) is 19.6. The van der Waals surface area contributed by atoms with E-state index in [1.807, 2.05) is 47.0 Å². The van der Waals surface area contributed by atoms with Gasteiger partial charge in [-0.1, -0.05) is 58.8 Å². The van der Waals surface area contributed by atoms with Crippen LogP contribution in [0.5, 0.6) is 0 Å². The van der Waals surface area contributed by atoms with Crippen LogP contribution in [0.3, 0.4) is 0 Å². The summed E-state index contributed by atoms with van der Waals surface area (Å²) in [4.78, 5) is 12.2. The SMILES string of the molecule is CSC1=C(S/C(C(C)=O)=C(/C)O)SC(=C2SC3=C(SCCS3)S2)S1. The molecule has 0 saturated heterocycles. The van der Waals surface area contributed by atoms with Crippen molar-refractivity contribution in [1.82, 2.24) is 0 Å². The fourth-order valence-corrected chi connectivity index (χ4v) is 13.3. The van der Waals surface area contributed by atoms with Gasteiger partial charge >= 0.3 is 0 Å². The normalized spacial score (nSPS) is 22.3. The van der Waals surface area contributed by atoms with Crippen molar-refractivity contribution in [2.75, 3.05) is 17.8 Å². The first kappa shape index (κ1) is 20.0. The van der Waals surface area contributed by atoms with Gasteiger partial charge in [0, 0.05) is 11.5 Å². The van der Waals surface area contributed by atoms with E-state index in [-0.39, 0.29) is 11.5 Å². The largest absolute Gasteiger partial charge is 0.511 e. The van der Waals surface area contributed by atoms with E-state index in [9.17, 15) is 9.90 Å². The number of allylic oxidation sites excluding steroid dienone is 2. The van der Waals surface area contributed by atoms with Crippen LogP contribution in [0.25, 0.3) is 0 Å². The van der Waals surface area contributed by atoms with Crippen LogP contribution in [0, 0.1) is 0 Å². The molecule has 0 aliphatic carbocycles. The van der Waals surface area contributed by atoms with Crippen molar-refractivity contribution >= 4 is 99.9 Å². The van der Waals surface area contributed by atoms with Crippen molar-refractivity contribution in [3.8, 4) is 0 Å². The van der Waals surface area contributed by atoms with E-state index in [0.717, 1.165) is 4.24 Å². The summed E-state index contributed by atoms with van der Waals surface area (Å²) in [6.07, 6.45) is 2.06. The fourth-order valence-electron chi connectivity index (χ4n) is 1.84. The summed E-state index contributed by atoms with van der Waals surface area (Å²) in [5, 5.41) is 9.78. The number of ketones is 1. The molecule has 10 heteroatoms. The molecule has 0 spiro atoms. The van der Waals surface area contributed by atoms with Crippen LogP contribution in [0.4, 0.5) is 0 Å². The number of hydrogen-bond donors (Lipinski definition) is 1. The van der Waals surface area contributed by atoms with Crippen molar-refractivity contribution in [2.45, 2.75) is 13.8 Å². The molecule has 3 rings (SSSR count). The molecule has 0 fully saturated rings. The monoisotopic (exact) mass is 470 g/mol. The van der Waals surface area contributed by atoms with Crippen molar-refractivity contribution in [1.29, 1.82) is 0 Å². The first-order valence-electron chi connectivity index (χ1n) is 6.82. The van der Waals surface area contributed by atoms with Crippen LogP contribution in [-0.4, -0.2) is 28.7 Å². The van der Waals surface area contributed by atoms with Crippen LogP contribution < -0.4 is 0 Å². The van der Waals surface area contributed by atoms with Gasteiger partial charge in [0.1, 0.15) is 5.76 Å². The quantitative estimate of drug-likeness (QED) is 0.334. The van der Waals surface area contributed by atoms with Gasteiger partial charge in [0.15, 0.2) is 5.78 Å². The van der Waals surface area contributed by atoms with Gasteiger partial charge in [0.05, 0.1) is 30.3 Å². The molecule has 0 bridgehead atoms. The number of thioether (sulfide) groups is 8. The van der Waals surface area contributed by atoms with Crippen LogP contribution in [0.1, 0.15) is 13.8 Å². The zero-order valence-electron chi connectivity index (χ0n) is 13.0. The third kappa shape index (κ3) is 4.55. The minimum absolute atomic E-state index is 0.0887. The standard InChI is InChI=1S/C14H14O2S8/c1-6(15)8(7(2)16)20-12-9(17-3)21-13(24-12)14-22-10-11(23-14)19-5-4-18-10/h15H,4-5H2,1-3H3/b8-6-. The van der Waals surface area contributed by atoms with Gasteiger partial charge in [0.25, 0.3) is 0 Å². The average molecular weight is 471 g/mol. The molecule has 0 amide bonds. The molecule has 1 N–H and O–H groups in total. The molecule has 0 aromatic heterocycles. The van der Waals surface area contributed by atoms with Crippen molar-refractivity contribution in [2.24, 2.45) is 0 Å². The summed E-state index contributed by atoms with van der Waals surface area (Å²) in [6.45, 7) is 3.08. The first-order chi connectivity index (χ1) is 11.5. The highest BCUT2D eigenvalue weighted by atomic mass is 32.3. The Balaban J connectivity index is 1.77. The third-order valence-corrected chi connectivity index (χ3v) is 14.7. The topological polar surface area (TPSA) is 37.3 Å². The molecule has 0 atom stereocenters. The first-order valence-corrected chi connectivity index (χ1v) is 14.1. The molecular formula is C14H14O2S8. The number of rotatable bonds is 4. The second-order valence-electron chi connectivity index (χ2n) is 4.61. The summed E-state index contributed by atoms with van der Waals surface area (Å²) >= 11 is 14.3. The Hall–Kier alpha value is 1.23. The predicted octanol–water partition coefficient (Wildman–Crippen LogP) is 7.28. The molecule has 2 nitrogen and oxygen atoms in total. The van der Waals surface area contributed by atoms with Gasteiger partial charge in [-0.15, -0.1) is 35.3 Å². The lowest BCUT2D eigenvalue weighted by Gasteiger charge is -2.08. The van der Waals surface area contributed by atoms with Crippen LogP contribution in [0.15, 0.2) is 36.1 Å². The van der Waals surface area contributed by atoms with Gasteiger partial charge < -0.3 is 5.11 Å². The maximum absolute atomic E-state index is 11.8. The van der Waals surface area contributed by atoms with E-state index in [4.69, 9.17) is 0 Å². The lowest BCUT2D eigenvalue weighted by Crippen LogP contribution is -1.95. The lowest BCUT2D eigenvalue weighted by molar-refractivity contribution is -0.113. The fraction of sp³-hybridized carbons (Fsp3) is 0.357. The van der Waals surface area contributed by atoms with E-state index in [1.165, 1.54) is 51.4 Å². The second-order valence-corrected chi connectivity index (χ2v) is 14.3. The molecule has 3 aliphatic rings. The Labute approximate surface area is 176 Å². The summed E-state index contributed by atoms with van der Waals surface area (Å²) in [6, 6.07) is 0.